The first-order valence-electron chi connectivity index (χ1n) is 23.3. The number of hydrogen-bond acceptors (Lipinski definition) is 2. The molecule has 0 aliphatic rings. The Hall–Kier alpha value is -8.98. The zero-order chi connectivity index (χ0) is 45.0. The van der Waals surface area contributed by atoms with Gasteiger partial charge in [-0.05, 0) is 131 Å². The molecule has 0 amide bonds. The van der Waals surface area contributed by atoms with Gasteiger partial charge in [-0.15, -0.1) is 0 Å². The number of nitrogens with zero attached hydrogens (tertiary/aromatic N) is 1. The molecule has 0 atom stereocenters. The first-order valence-corrected chi connectivity index (χ1v) is 23.3. The Balaban J connectivity index is 1.00. The Morgan fingerprint density at radius 2 is 0.838 bits per heavy atom. The Morgan fingerprint density at radius 3 is 1.69 bits per heavy atom. The predicted molar refractivity (Wildman–Crippen MR) is 288 cm³/mol. The topological polar surface area (TPSA) is 16.4 Å². The molecule has 318 valence electrons. The predicted octanol–water partition coefficient (Wildman–Crippen LogP) is 18.9. The van der Waals surface area contributed by atoms with Gasteiger partial charge in [0.05, 0.1) is 5.69 Å². The summed E-state index contributed by atoms with van der Waals surface area (Å²) < 4.78 is 6.61. The van der Waals surface area contributed by atoms with Gasteiger partial charge in [-0.1, -0.05) is 206 Å². The molecule has 0 saturated heterocycles. The fourth-order valence-corrected chi connectivity index (χ4v) is 10.3. The summed E-state index contributed by atoms with van der Waals surface area (Å²) >= 11 is 0. The summed E-state index contributed by atoms with van der Waals surface area (Å²) in [5, 5.41) is 9.68. The van der Waals surface area contributed by atoms with Crippen molar-refractivity contribution >= 4 is 71.3 Å². The maximum atomic E-state index is 6.61. The van der Waals surface area contributed by atoms with Crippen molar-refractivity contribution in [2.75, 3.05) is 4.90 Å². The Morgan fingerprint density at radius 1 is 0.250 bits per heavy atom. The minimum atomic E-state index is 0.890. The third-order valence-electron chi connectivity index (χ3n) is 13.6. The summed E-state index contributed by atoms with van der Waals surface area (Å²) in [6, 6.07) is 94.7. The lowest BCUT2D eigenvalue weighted by Gasteiger charge is -2.29. The summed E-state index contributed by atoms with van der Waals surface area (Å²) in [5.41, 5.74) is 16.5. The van der Waals surface area contributed by atoms with E-state index in [0.717, 1.165) is 72.4 Å². The van der Waals surface area contributed by atoms with Gasteiger partial charge in [-0.2, -0.15) is 0 Å². The quantitative estimate of drug-likeness (QED) is 0.142. The number of rotatable bonds is 8. The van der Waals surface area contributed by atoms with Gasteiger partial charge in [0.25, 0.3) is 0 Å². The highest BCUT2D eigenvalue weighted by Crippen LogP contribution is 2.46. The van der Waals surface area contributed by atoms with Crippen LogP contribution < -0.4 is 4.90 Å². The van der Waals surface area contributed by atoms with Crippen molar-refractivity contribution in [2.45, 2.75) is 0 Å². The Bertz CT molecular complexity index is 4030. The third-order valence-corrected chi connectivity index (χ3v) is 13.6. The average molecular weight is 866 g/mol. The van der Waals surface area contributed by atoms with Crippen LogP contribution in [0.15, 0.2) is 265 Å². The van der Waals surface area contributed by atoms with E-state index in [2.05, 4.69) is 260 Å². The molecule has 0 spiro atoms. The molecule has 1 aromatic heterocycles. The monoisotopic (exact) mass is 865 g/mol. The van der Waals surface area contributed by atoms with E-state index in [-0.39, 0.29) is 0 Å². The van der Waals surface area contributed by atoms with Crippen LogP contribution in [0.4, 0.5) is 17.1 Å². The minimum Gasteiger partial charge on any atom is -0.455 e. The van der Waals surface area contributed by atoms with Crippen molar-refractivity contribution < 1.29 is 4.42 Å². The third kappa shape index (κ3) is 6.90. The maximum absolute atomic E-state index is 6.61. The van der Waals surface area contributed by atoms with Gasteiger partial charge in [-0.3, -0.25) is 0 Å². The summed E-state index contributed by atoms with van der Waals surface area (Å²) in [4.78, 5) is 2.44. The lowest BCUT2D eigenvalue weighted by Crippen LogP contribution is -2.11. The van der Waals surface area contributed by atoms with Crippen LogP contribution in [0.2, 0.25) is 0 Å². The van der Waals surface area contributed by atoms with Crippen LogP contribution >= 0.6 is 0 Å². The molecule has 13 rings (SSSR count). The van der Waals surface area contributed by atoms with Crippen molar-refractivity contribution in [1.29, 1.82) is 0 Å². The second kappa shape index (κ2) is 16.5. The number of furan rings is 1. The van der Waals surface area contributed by atoms with Gasteiger partial charge in [-0.25, -0.2) is 0 Å². The molecule has 13 aromatic rings. The summed E-state index contributed by atoms with van der Waals surface area (Å²) in [7, 11) is 0. The van der Waals surface area contributed by atoms with E-state index in [1.165, 1.54) is 54.6 Å². The van der Waals surface area contributed by atoms with Crippen LogP contribution in [-0.4, -0.2) is 0 Å². The highest BCUT2D eigenvalue weighted by molar-refractivity contribution is 6.14. The van der Waals surface area contributed by atoms with E-state index < -0.39 is 0 Å². The van der Waals surface area contributed by atoms with E-state index in [1.54, 1.807) is 0 Å². The number of hydrogen-bond donors (Lipinski definition) is 0. The van der Waals surface area contributed by atoms with Crippen LogP contribution in [-0.2, 0) is 0 Å². The molecular weight excluding hydrogens is 823 g/mol. The van der Waals surface area contributed by atoms with Gasteiger partial charge >= 0.3 is 0 Å². The molecule has 0 aliphatic heterocycles. The van der Waals surface area contributed by atoms with Crippen LogP contribution in [0.25, 0.3) is 110 Å². The van der Waals surface area contributed by atoms with Crippen molar-refractivity contribution in [3.63, 3.8) is 0 Å². The maximum Gasteiger partial charge on any atom is 0.143 e. The van der Waals surface area contributed by atoms with Gasteiger partial charge in [0.2, 0.25) is 0 Å². The SMILES string of the molecule is c1ccc(-c2ccc(-c3cc4ccccc4c4ccccc34)cc2N(c2ccc(-c3cccc(-c4ccc5ccccc5c4)c3)cc2)c2cccc(-c3cccc4c3oc3ccccc34)c2)cc1. The largest absolute Gasteiger partial charge is 0.455 e. The number of fused-ring (bicyclic) bond motifs is 7. The van der Waals surface area contributed by atoms with Gasteiger partial charge in [0.1, 0.15) is 11.2 Å². The summed E-state index contributed by atoms with van der Waals surface area (Å²) in [6.07, 6.45) is 0. The first-order chi connectivity index (χ1) is 33.7. The fourth-order valence-electron chi connectivity index (χ4n) is 10.3. The van der Waals surface area contributed by atoms with E-state index >= 15 is 0 Å². The number of benzene rings is 12. The second-order valence-corrected chi connectivity index (χ2v) is 17.6. The van der Waals surface area contributed by atoms with Crippen molar-refractivity contribution in [1.82, 2.24) is 0 Å². The van der Waals surface area contributed by atoms with Crippen LogP contribution in [0.3, 0.4) is 0 Å². The van der Waals surface area contributed by atoms with Crippen LogP contribution in [0, 0.1) is 0 Å². The molecule has 0 radical (unpaired) electrons. The normalized spacial score (nSPS) is 11.5. The first kappa shape index (κ1) is 39.4. The summed E-state index contributed by atoms with van der Waals surface area (Å²) in [6.45, 7) is 0. The molecule has 0 fully saturated rings. The van der Waals surface area contributed by atoms with E-state index in [1.807, 2.05) is 6.07 Å². The Kier molecular flexibility index (Phi) is 9.54. The molecule has 0 N–H and O–H groups in total. The van der Waals surface area contributed by atoms with E-state index in [9.17, 15) is 0 Å². The lowest BCUT2D eigenvalue weighted by atomic mass is 9.91. The minimum absolute atomic E-state index is 0.890. The average Bonchev–Trinajstić information content (AvgIpc) is 3.80. The fraction of sp³-hybridized carbons (Fsp3) is 0. The molecule has 0 unspecified atom stereocenters. The molecule has 0 aliphatic carbocycles. The van der Waals surface area contributed by atoms with E-state index in [4.69, 9.17) is 4.42 Å². The highest BCUT2D eigenvalue weighted by Gasteiger charge is 2.21. The smallest absolute Gasteiger partial charge is 0.143 e. The van der Waals surface area contributed by atoms with Crippen molar-refractivity contribution in [3.05, 3.63) is 261 Å². The zero-order valence-corrected chi connectivity index (χ0v) is 37.2. The van der Waals surface area contributed by atoms with Gasteiger partial charge in [0.15, 0.2) is 0 Å². The Labute approximate surface area is 395 Å². The second-order valence-electron chi connectivity index (χ2n) is 17.6. The molecule has 1 heterocycles. The van der Waals surface area contributed by atoms with Crippen molar-refractivity contribution in [2.24, 2.45) is 0 Å². The van der Waals surface area contributed by atoms with Gasteiger partial charge < -0.3 is 9.32 Å². The van der Waals surface area contributed by atoms with Crippen molar-refractivity contribution in [3.8, 4) is 55.6 Å². The van der Waals surface area contributed by atoms with E-state index in [0.29, 0.717) is 0 Å². The van der Waals surface area contributed by atoms with Crippen LogP contribution in [0.1, 0.15) is 0 Å². The van der Waals surface area contributed by atoms with Crippen LogP contribution in [0.5, 0.6) is 0 Å². The standard InChI is InChI=1S/C66H43NO/c1-2-16-46(17-3-1)57-38-35-53(63-42-52-19-6-7-24-56(52)59-25-8-9-26-60(59)63)43-64(57)67(55-23-13-22-51(41-55)58-28-14-29-62-61-27-10-11-30-65(61)68-66(58)62)54-36-33-45(34-37-54)48-20-12-21-49(39-48)50-32-31-44-15-4-5-18-47(44)40-50/h1-43H. The molecule has 0 saturated carbocycles. The molecule has 2 heteroatoms. The summed E-state index contributed by atoms with van der Waals surface area (Å²) in [5.74, 6) is 0. The molecule has 2 nitrogen and oxygen atoms in total. The molecular formula is C66H43NO. The highest BCUT2D eigenvalue weighted by atomic mass is 16.3. The number of para-hydroxylation sites is 2. The molecule has 12 aromatic carbocycles. The number of anilines is 3. The lowest BCUT2D eigenvalue weighted by molar-refractivity contribution is 0.670. The van der Waals surface area contributed by atoms with Gasteiger partial charge in [0, 0.05) is 33.3 Å². The molecule has 0 bridgehead atoms. The molecule has 68 heavy (non-hydrogen) atoms. The zero-order valence-electron chi connectivity index (χ0n) is 37.2.